The first-order valence-corrected chi connectivity index (χ1v) is 8.92. The highest BCUT2D eigenvalue weighted by atomic mass is 16.5. The highest BCUT2D eigenvalue weighted by Crippen LogP contribution is 2.37. The molecule has 3 aromatic carbocycles. The van der Waals surface area contributed by atoms with Gasteiger partial charge in [-0.05, 0) is 41.4 Å². The van der Waals surface area contributed by atoms with Crippen molar-refractivity contribution in [3.63, 3.8) is 0 Å². The highest BCUT2D eigenvalue weighted by Gasteiger charge is 2.38. The van der Waals surface area contributed by atoms with E-state index in [-0.39, 0.29) is 0 Å². The number of rotatable bonds is 4. The normalized spacial score (nSPS) is 19.8. The predicted octanol–water partition coefficient (Wildman–Crippen LogP) is 3.95. The second-order valence-electron chi connectivity index (χ2n) is 6.99. The minimum Gasteiger partial charge on any atom is -0.489 e. The summed E-state index contributed by atoms with van der Waals surface area (Å²) in [6.07, 6.45) is 0. The molecule has 0 saturated carbocycles. The van der Waals surface area contributed by atoms with Crippen LogP contribution in [0.15, 0.2) is 78.9 Å². The van der Waals surface area contributed by atoms with Gasteiger partial charge in [-0.15, -0.1) is 0 Å². The maximum atomic E-state index is 11.5. The third-order valence-electron chi connectivity index (χ3n) is 4.98. The Hall–Kier alpha value is -2.62. The summed E-state index contributed by atoms with van der Waals surface area (Å²) in [5, 5.41) is 11.5. The van der Waals surface area contributed by atoms with Gasteiger partial charge in [0, 0.05) is 13.1 Å². The highest BCUT2D eigenvalue weighted by molar-refractivity contribution is 5.44. The number of hydrogen-bond donors (Lipinski definition) is 1. The number of fused-ring (bicyclic) bond motifs is 1. The van der Waals surface area contributed by atoms with Gasteiger partial charge in [0.1, 0.15) is 18.0 Å². The van der Waals surface area contributed by atoms with Crippen LogP contribution < -0.4 is 4.74 Å². The summed E-state index contributed by atoms with van der Waals surface area (Å²) < 4.78 is 5.87. The van der Waals surface area contributed by atoms with Crippen molar-refractivity contribution in [2.75, 3.05) is 13.6 Å². The molecule has 1 heterocycles. The Morgan fingerprint density at radius 1 is 0.923 bits per heavy atom. The lowest BCUT2D eigenvalue weighted by Crippen LogP contribution is -2.44. The summed E-state index contributed by atoms with van der Waals surface area (Å²) in [7, 11) is 2.04. The van der Waals surface area contributed by atoms with Crippen molar-refractivity contribution in [1.82, 2.24) is 4.90 Å². The van der Waals surface area contributed by atoms with Crippen LogP contribution in [0, 0.1) is 0 Å². The third-order valence-corrected chi connectivity index (χ3v) is 4.98. The van der Waals surface area contributed by atoms with Crippen LogP contribution in [0.5, 0.6) is 5.75 Å². The van der Waals surface area contributed by atoms with Crippen LogP contribution in [0.25, 0.3) is 0 Å². The summed E-state index contributed by atoms with van der Waals surface area (Å²) in [6, 6.07) is 26.1. The van der Waals surface area contributed by atoms with E-state index in [0.29, 0.717) is 13.2 Å². The molecule has 132 valence electrons. The largest absolute Gasteiger partial charge is 0.489 e. The fraction of sp³-hybridized carbons (Fsp3) is 0.217. The van der Waals surface area contributed by atoms with Crippen molar-refractivity contribution in [1.29, 1.82) is 0 Å². The Kier molecular flexibility index (Phi) is 4.49. The zero-order valence-electron chi connectivity index (χ0n) is 14.9. The second-order valence-corrected chi connectivity index (χ2v) is 6.99. The monoisotopic (exact) mass is 345 g/mol. The molecular weight excluding hydrogens is 322 g/mol. The molecular formula is C23H23NO2. The van der Waals surface area contributed by atoms with Gasteiger partial charge >= 0.3 is 0 Å². The fourth-order valence-corrected chi connectivity index (χ4v) is 3.70. The van der Waals surface area contributed by atoms with Gasteiger partial charge < -0.3 is 9.84 Å². The van der Waals surface area contributed by atoms with E-state index in [9.17, 15) is 5.11 Å². The summed E-state index contributed by atoms with van der Waals surface area (Å²) in [5.41, 5.74) is 3.20. The molecule has 0 aromatic heterocycles. The molecule has 0 radical (unpaired) electrons. The van der Waals surface area contributed by atoms with Crippen LogP contribution in [0.3, 0.4) is 0 Å². The van der Waals surface area contributed by atoms with E-state index in [0.717, 1.165) is 29.0 Å². The lowest BCUT2D eigenvalue weighted by Gasteiger charge is -2.39. The van der Waals surface area contributed by atoms with Crippen molar-refractivity contribution < 1.29 is 9.84 Å². The molecule has 0 spiro atoms. The van der Waals surface area contributed by atoms with E-state index < -0.39 is 5.60 Å². The average molecular weight is 345 g/mol. The summed E-state index contributed by atoms with van der Waals surface area (Å²) in [5.74, 6) is 0.804. The lowest BCUT2D eigenvalue weighted by atomic mass is 9.80. The molecule has 0 amide bonds. The van der Waals surface area contributed by atoms with Crippen molar-refractivity contribution in [3.8, 4) is 5.75 Å². The van der Waals surface area contributed by atoms with Crippen LogP contribution in [0.4, 0.5) is 0 Å². The van der Waals surface area contributed by atoms with Gasteiger partial charge in [-0.3, -0.25) is 4.90 Å². The molecule has 0 saturated heterocycles. The van der Waals surface area contributed by atoms with Gasteiger partial charge in [-0.25, -0.2) is 0 Å². The number of β-amino-alcohol motifs (C(OH)–C–C–N with tert-alkyl or cyclic N) is 1. The van der Waals surface area contributed by atoms with Gasteiger partial charge in [0.2, 0.25) is 0 Å². The quantitative estimate of drug-likeness (QED) is 0.777. The topological polar surface area (TPSA) is 32.7 Å². The molecule has 1 aliphatic heterocycles. The minimum atomic E-state index is -0.998. The molecule has 1 unspecified atom stereocenters. The Balaban J connectivity index is 1.57. The minimum absolute atomic E-state index is 0.538. The molecule has 3 nitrogen and oxygen atoms in total. The average Bonchev–Trinajstić information content (AvgIpc) is 2.67. The van der Waals surface area contributed by atoms with Crippen molar-refractivity contribution >= 4 is 0 Å². The molecule has 3 heteroatoms. The summed E-state index contributed by atoms with van der Waals surface area (Å²) in [4.78, 5) is 2.15. The third kappa shape index (κ3) is 3.24. The SMILES string of the molecule is CN1Cc2ccccc2C(O)(c2ccc(OCc3ccccc3)cc2)C1. The first-order chi connectivity index (χ1) is 12.6. The van der Waals surface area contributed by atoms with E-state index in [4.69, 9.17) is 4.74 Å². The van der Waals surface area contributed by atoms with Gasteiger partial charge in [0.25, 0.3) is 0 Å². The fourth-order valence-electron chi connectivity index (χ4n) is 3.70. The molecule has 4 rings (SSSR count). The molecule has 0 aliphatic carbocycles. The van der Waals surface area contributed by atoms with E-state index in [1.807, 2.05) is 79.8 Å². The van der Waals surface area contributed by atoms with Gasteiger partial charge in [-0.1, -0.05) is 66.7 Å². The lowest BCUT2D eigenvalue weighted by molar-refractivity contribution is 0.0282. The Labute approximate surface area is 154 Å². The molecule has 1 N–H and O–H groups in total. The van der Waals surface area contributed by atoms with Crippen molar-refractivity contribution in [2.45, 2.75) is 18.8 Å². The first kappa shape index (κ1) is 16.8. The maximum Gasteiger partial charge on any atom is 0.128 e. The Morgan fingerprint density at radius 3 is 2.38 bits per heavy atom. The van der Waals surface area contributed by atoms with Crippen LogP contribution in [-0.4, -0.2) is 23.6 Å². The zero-order chi connectivity index (χ0) is 18.0. The number of aliphatic hydroxyl groups is 1. The Bertz CT molecular complexity index is 876. The van der Waals surface area contributed by atoms with Crippen LogP contribution >= 0.6 is 0 Å². The molecule has 0 fully saturated rings. The van der Waals surface area contributed by atoms with E-state index in [2.05, 4.69) is 11.0 Å². The second kappa shape index (κ2) is 6.94. The van der Waals surface area contributed by atoms with E-state index in [1.165, 1.54) is 5.56 Å². The molecule has 1 atom stereocenters. The number of benzene rings is 3. The standard InChI is InChI=1S/C23H23NO2/c1-24-15-19-9-5-6-10-22(19)23(25,17-24)20-11-13-21(14-12-20)26-16-18-7-3-2-4-8-18/h2-14,25H,15-17H2,1H3. The van der Waals surface area contributed by atoms with E-state index in [1.54, 1.807) is 0 Å². The predicted molar refractivity (Wildman–Crippen MR) is 103 cm³/mol. The first-order valence-electron chi connectivity index (χ1n) is 8.92. The number of ether oxygens (including phenoxy) is 1. The molecule has 1 aliphatic rings. The van der Waals surface area contributed by atoms with Crippen LogP contribution in [0.2, 0.25) is 0 Å². The number of likely N-dealkylation sites (N-methyl/N-ethyl adjacent to an activating group) is 1. The van der Waals surface area contributed by atoms with Crippen molar-refractivity contribution in [2.24, 2.45) is 0 Å². The summed E-state index contributed by atoms with van der Waals surface area (Å²) in [6.45, 7) is 1.97. The molecule has 3 aromatic rings. The molecule has 26 heavy (non-hydrogen) atoms. The zero-order valence-corrected chi connectivity index (χ0v) is 14.9. The Morgan fingerprint density at radius 2 is 1.62 bits per heavy atom. The van der Waals surface area contributed by atoms with Crippen LogP contribution in [-0.2, 0) is 18.8 Å². The number of hydrogen-bond acceptors (Lipinski definition) is 3. The number of nitrogens with zero attached hydrogens (tertiary/aromatic N) is 1. The van der Waals surface area contributed by atoms with E-state index >= 15 is 0 Å². The molecule has 0 bridgehead atoms. The van der Waals surface area contributed by atoms with Crippen LogP contribution in [0.1, 0.15) is 22.3 Å². The van der Waals surface area contributed by atoms with Gasteiger partial charge in [0.05, 0.1) is 0 Å². The summed E-state index contributed by atoms with van der Waals surface area (Å²) >= 11 is 0. The van der Waals surface area contributed by atoms with Gasteiger partial charge in [-0.2, -0.15) is 0 Å². The maximum absolute atomic E-state index is 11.5. The smallest absolute Gasteiger partial charge is 0.128 e. The van der Waals surface area contributed by atoms with Crippen molar-refractivity contribution in [3.05, 3.63) is 101 Å². The van der Waals surface area contributed by atoms with Gasteiger partial charge in [0.15, 0.2) is 0 Å².